The number of benzene rings is 1. The van der Waals surface area contributed by atoms with Gasteiger partial charge in [0.05, 0.1) is 5.52 Å². The summed E-state index contributed by atoms with van der Waals surface area (Å²) < 4.78 is 0. The molecule has 0 saturated carbocycles. The Kier molecular flexibility index (Phi) is 2.48. The lowest BCUT2D eigenvalue weighted by molar-refractivity contribution is 0.0668. The van der Waals surface area contributed by atoms with Crippen molar-refractivity contribution < 1.29 is 4.79 Å². The normalized spacial score (nSPS) is 32.9. The van der Waals surface area contributed by atoms with Crippen molar-refractivity contribution in [3.63, 3.8) is 0 Å². The third-order valence-corrected chi connectivity index (χ3v) is 5.73. The van der Waals surface area contributed by atoms with E-state index in [9.17, 15) is 4.79 Å². The number of aromatic amines is 1. The maximum Gasteiger partial charge on any atom is 0.275 e. The topological polar surface area (TPSA) is 52.2 Å². The number of hydrogen-bond donors (Lipinski definition) is 1. The summed E-state index contributed by atoms with van der Waals surface area (Å²) in [5.74, 6) is 0.792. The van der Waals surface area contributed by atoms with Gasteiger partial charge in [0.2, 0.25) is 0 Å². The molecule has 1 amide bonds. The Balaban J connectivity index is 1.56. The Hall–Kier alpha value is -1.88. The fraction of sp³-hybridized carbons (Fsp3) is 0.529. The van der Waals surface area contributed by atoms with Crippen LogP contribution in [-0.2, 0) is 0 Å². The fourth-order valence-electron chi connectivity index (χ4n) is 4.79. The van der Waals surface area contributed by atoms with Crippen LogP contribution in [0.5, 0.6) is 0 Å². The minimum Gasteiger partial charge on any atom is -0.330 e. The van der Waals surface area contributed by atoms with Crippen molar-refractivity contribution in [3.05, 3.63) is 29.5 Å². The smallest absolute Gasteiger partial charge is 0.275 e. The van der Waals surface area contributed by atoms with Crippen LogP contribution in [0.15, 0.2) is 18.2 Å². The van der Waals surface area contributed by atoms with Gasteiger partial charge in [-0.15, -0.1) is 0 Å². The second kappa shape index (κ2) is 4.32. The van der Waals surface area contributed by atoms with Crippen LogP contribution in [0.2, 0.25) is 0 Å². The Labute approximate surface area is 129 Å². The first kappa shape index (κ1) is 12.6. The Morgan fingerprint density at radius 3 is 3.18 bits per heavy atom. The van der Waals surface area contributed by atoms with Crippen molar-refractivity contribution in [3.8, 4) is 0 Å². The van der Waals surface area contributed by atoms with Crippen LogP contribution >= 0.6 is 0 Å². The highest BCUT2D eigenvalue weighted by Crippen LogP contribution is 2.41. The number of rotatable bonds is 1. The monoisotopic (exact) mass is 296 g/mol. The van der Waals surface area contributed by atoms with Gasteiger partial charge in [-0.1, -0.05) is 12.1 Å². The van der Waals surface area contributed by atoms with E-state index >= 15 is 0 Å². The summed E-state index contributed by atoms with van der Waals surface area (Å²) in [7, 11) is 0. The SMILES string of the molecule is Cc1ccc2c(C(=O)N3[C@@H]4C[C@H]5CN(CC[C@H]53)C4)n[nH]c2c1. The van der Waals surface area contributed by atoms with Crippen LogP contribution in [-0.4, -0.2) is 57.6 Å². The van der Waals surface area contributed by atoms with Gasteiger partial charge in [-0.25, -0.2) is 0 Å². The average molecular weight is 296 g/mol. The number of likely N-dealkylation sites (tertiary alicyclic amines) is 1. The second-order valence-electron chi connectivity index (χ2n) is 7.10. The van der Waals surface area contributed by atoms with Crippen molar-refractivity contribution in [2.45, 2.75) is 31.8 Å². The minimum atomic E-state index is 0.122. The molecular weight excluding hydrogens is 276 g/mol. The summed E-state index contributed by atoms with van der Waals surface area (Å²) in [6.45, 7) is 5.41. The highest BCUT2D eigenvalue weighted by molar-refractivity contribution is 6.05. The maximum absolute atomic E-state index is 13.2. The van der Waals surface area contributed by atoms with Crippen molar-refractivity contribution in [1.29, 1.82) is 0 Å². The summed E-state index contributed by atoms with van der Waals surface area (Å²) in [6.07, 6.45) is 2.29. The van der Waals surface area contributed by atoms with Gasteiger partial charge in [-0.05, 0) is 37.3 Å². The zero-order chi connectivity index (χ0) is 14.8. The number of piperidine rings is 2. The lowest BCUT2D eigenvalue weighted by Gasteiger charge is -2.35. The summed E-state index contributed by atoms with van der Waals surface area (Å²) in [4.78, 5) is 17.8. The number of carbonyl (C=O) groups is 1. The van der Waals surface area contributed by atoms with Crippen LogP contribution in [0, 0.1) is 12.8 Å². The number of nitrogens with zero attached hydrogens (tertiary/aromatic N) is 3. The molecule has 1 N–H and O–H groups in total. The van der Waals surface area contributed by atoms with E-state index in [0.717, 1.165) is 30.4 Å². The van der Waals surface area contributed by atoms with Crippen molar-refractivity contribution in [1.82, 2.24) is 20.0 Å². The Bertz CT molecular complexity index is 767. The molecule has 5 heteroatoms. The van der Waals surface area contributed by atoms with Gasteiger partial charge < -0.3 is 9.80 Å². The Morgan fingerprint density at radius 2 is 2.27 bits per heavy atom. The number of nitrogens with one attached hydrogen (secondary N) is 1. The van der Waals surface area contributed by atoms with Crippen molar-refractivity contribution in [2.75, 3.05) is 19.6 Å². The number of carbonyl (C=O) groups excluding carboxylic acids is 1. The molecule has 1 unspecified atom stereocenters. The number of aromatic nitrogens is 2. The number of amides is 1. The van der Waals surface area contributed by atoms with Gasteiger partial charge in [0, 0.05) is 37.1 Å². The number of fused-ring (bicyclic) bond motifs is 3. The molecule has 4 atom stereocenters. The highest BCUT2D eigenvalue weighted by atomic mass is 16.2. The van der Waals surface area contributed by atoms with E-state index in [1.54, 1.807) is 0 Å². The summed E-state index contributed by atoms with van der Waals surface area (Å²) >= 11 is 0. The molecule has 3 bridgehead atoms. The minimum absolute atomic E-state index is 0.122. The first-order valence-electron chi connectivity index (χ1n) is 8.20. The Morgan fingerprint density at radius 1 is 1.36 bits per heavy atom. The van der Waals surface area contributed by atoms with Gasteiger partial charge in [0.25, 0.3) is 5.91 Å². The zero-order valence-corrected chi connectivity index (χ0v) is 12.7. The molecule has 0 radical (unpaired) electrons. The predicted octanol–water partition coefficient (Wildman–Crippen LogP) is 1.79. The lowest BCUT2D eigenvalue weighted by Crippen LogP contribution is -2.44. The van der Waals surface area contributed by atoms with Crippen LogP contribution in [0.3, 0.4) is 0 Å². The predicted molar refractivity (Wildman–Crippen MR) is 83.7 cm³/mol. The van der Waals surface area contributed by atoms with E-state index < -0.39 is 0 Å². The van der Waals surface area contributed by atoms with Crippen molar-refractivity contribution in [2.24, 2.45) is 5.92 Å². The molecule has 1 aromatic carbocycles. The van der Waals surface area contributed by atoms with E-state index in [1.807, 2.05) is 12.1 Å². The molecule has 5 nitrogen and oxygen atoms in total. The fourth-order valence-corrected chi connectivity index (χ4v) is 4.79. The summed E-state index contributed by atoms with van der Waals surface area (Å²) in [5.41, 5.74) is 2.73. The quantitative estimate of drug-likeness (QED) is 0.873. The van der Waals surface area contributed by atoms with Gasteiger partial charge in [-0.3, -0.25) is 9.89 Å². The van der Waals surface area contributed by atoms with Gasteiger partial charge >= 0.3 is 0 Å². The van der Waals surface area contributed by atoms with E-state index in [4.69, 9.17) is 0 Å². The van der Waals surface area contributed by atoms with Crippen LogP contribution in [0.25, 0.3) is 10.9 Å². The molecule has 3 aliphatic heterocycles. The number of H-pyrrole nitrogens is 1. The summed E-state index contributed by atoms with van der Waals surface area (Å²) in [6, 6.07) is 6.93. The average Bonchev–Trinajstić information content (AvgIpc) is 2.98. The van der Waals surface area contributed by atoms with Gasteiger partial charge in [0.1, 0.15) is 0 Å². The largest absolute Gasteiger partial charge is 0.330 e. The number of aryl methyl sites for hydroxylation is 1. The third-order valence-electron chi connectivity index (χ3n) is 5.73. The summed E-state index contributed by atoms with van der Waals surface area (Å²) in [5, 5.41) is 8.33. The standard InChI is InChI=1S/C17H20N4O/c1-10-2-3-13-14(6-10)18-19-16(13)17(22)21-12-7-11-8-20(9-12)5-4-15(11)21/h2-3,6,11-12,15H,4-5,7-9H2,1H3,(H,18,19)/t11-,12+,15+/m0/s1. The molecule has 3 aliphatic rings. The molecule has 5 rings (SSSR count). The van der Waals surface area contributed by atoms with Crippen molar-refractivity contribution >= 4 is 16.8 Å². The molecule has 2 aromatic rings. The molecule has 0 spiro atoms. The molecule has 1 aromatic heterocycles. The molecular formula is C17H20N4O. The van der Waals surface area contributed by atoms with Crippen LogP contribution in [0.1, 0.15) is 28.9 Å². The van der Waals surface area contributed by atoms with E-state index in [1.165, 1.54) is 18.5 Å². The highest BCUT2D eigenvalue weighted by Gasteiger charge is 2.50. The van der Waals surface area contributed by atoms with Gasteiger partial charge in [-0.2, -0.15) is 5.10 Å². The first-order valence-corrected chi connectivity index (χ1v) is 8.20. The van der Waals surface area contributed by atoms with E-state index in [-0.39, 0.29) is 5.91 Å². The second-order valence-corrected chi connectivity index (χ2v) is 7.10. The van der Waals surface area contributed by atoms with Crippen LogP contribution < -0.4 is 0 Å². The van der Waals surface area contributed by atoms with E-state index in [0.29, 0.717) is 23.7 Å². The molecule has 3 saturated heterocycles. The molecule has 3 fully saturated rings. The van der Waals surface area contributed by atoms with Crippen LogP contribution in [0.4, 0.5) is 0 Å². The zero-order valence-electron chi connectivity index (χ0n) is 12.7. The number of hydrogen-bond acceptors (Lipinski definition) is 3. The maximum atomic E-state index is 13.2. The molecule has 4 heterocycles. The molecule has 22 heavy (non-hydrogen) atoms. The lowest BCUT2D eigenvalue weighted by atomic mass is 9.89. The first-order chi connectivity index (χ1) is 10.7. The third kappa shape index (κ3) is 1.63. The molecule has 114 valence electrons. The van der Waals surface area contributed by atoms with E-state index in [2.05, 4.69) is 33.0 Å². The van der Waals surface area contributed by atoms with Gasteiger partial charge in [0.15, 0.2) is 5.69 Å². The molecule has 0 aliphatic carbocycles.